The Hall–Kier alpha value is -5.03. The van der Waals surface area contributed by atoms with E-state index >= 15 is 0 Å². The number of hydrogen-bond acceptors (Lipinski definition) is 6. The van der Waals surface area contributed by atoms with Crippen LogP contribution in [0.3, 0.4) is 0 Å². The van der Waals surface area contributed by atoms with E-state index in [4.69, 9.17) is 11.6 Å². The van der Waals surface area contributed by atoms with Crippen molar-refractivity contribution in [3.8, 4) is 22.4 Å². The minimum atomic E-state index is -1.01. The lowest BCUT2D eigenvalue weighted by Gasteiger charge is -2.19. The molecule has 0 saturated carbocycles. The number of amides is 2. The van der Waals surface area contributed by atoms with Gasteiger partial charge >= 0.3 is 0 Å². The fourth-order valence-corrected chi connectivity index (χ4v) is 5.06. The van der Waals surface area contributed by atoms with Crippen LogP contribution in [0.1, 0.15) is 41.6 Å². The summed E-state index contributed by atoms with van der Waals surface area (Å²) >= 11 is 6.59. The number of carbonyl (C=O) groups is 2. The first-order chi connectivity index (χ1) is 20.6. The quantitative estimate of drug-likeness (QED) is 0.227. The molecule has 43 heavy (non-hydrogen) atoms. The standard InChI is InChI=1S/C31H31ClN8O3/c1-18(2)40-16-22(8-12-27(40)41)21-7-11-25(32)23(13-21)14-26(37-31(43)29-33-17-34-38-29)30(42)36-24-9-5-20(6-10-24)28-19(3)15-35-39(28)4/h5-13,15-18,26H,14H2,1-4H3,(H,36,42)(H,37,43)(H,33,34,38)/t26-/m0/s1. The number of carbonyl (C=O) groups excluding carboxylic acids is 2. The van der Waals surface area contributed by atoms with Crippen LogP contribution in [-0.4, -0.2) is 47.4 Å². The van der Waals surface area contributed by atoms with Crippen LogP contribution in [0, 0.1) is 6.92 Å². The highest BCUT2D eigenvalue weighted by Crippen LogP contribution is 2.27. The Bertz CT molecular complexity index is 1810. The number of aromatic nitrogens is 6. The highest BCUT2D eigenvalue weighted by atomic mass is 35.5. The molecule has 5 rings (SSSR count). The largest absolute Gasteiger partial charge is 0.337 e. The number of aromatic amines is 1. The molecular formula is C31H31ClN8O3. The van der Waals surface area contributed by atoms with Gasteiger partial charge in [0.05, 0.1) is 11.9 Å². The summed E-state index contributed by atoms with van der Waals surface area (Å²) in [5.41, 5.74) is 5.71. The first kappa shape index (κ1) is 29.5. The number of hydrogen-bond donors (Lipinski definition) is 3. The predicted molar refractivity (Wildman–Crippen MR) is 165 cm³/mol. The van der Waals surface area contributed by atoms with Crippen molar-refractivity contribution >= 4 is 29.1 Å². The summed E-state index contributed by atoms with van der Waals surface area (Å²) in [5, 5.41) is 16.7. The fraction of sp³-hybridized carbons (Fsp3) is 0.226. The maximum absolute atomic E-state index is 13.6. The molecular weight excluding hydrogens is 568 g/mol. The summed E-state index contributed by atoms with van der Waals surface area (Å²) in [6.07, 6.45) is 4.97. The van der Waals surface area contributed by atoms with E-state index in [-0.39, 0.29) is 23.8 Å². The number of benzene rings is 2. The van der Waals surface area contributed by atoms with Gasteiger partial charge in [-0.1, -0.05) is 29.8 Å². The summed E-state index contributed by atoms with van der Waals surface area (Å²) in [4.78, 5) is 42.7. The normalized spacial score (nSPS) is 11.9. The van der Waals surface area contributed by atoms with Crippen LogP contribution in [0.25, 0.3) is 22.4 Å². The molecule has 2 aromatic carbocycles. The fourth-order valence-electron chi connectivity index (χ4n) is 4.86. The molecule has 0 fully saturated rings. The molecule has 11 nitrogen and oxygen atoms in total. The van der Waals surface area contributed by atoms with Gasteiger partial charge in [-0.15, -0.1) is 5.10 Å². The van der Waals surface area contributed by atoms with E-state index in [1.54, 1.807) is 45.9 Å². The molecule has 1 atom stereocenters. The summed E-state index contributed by atoms with van der Waals surface area (Å²) in [6, 6.07) is 15.1. The van der Waals surface area contributed by atoms with Gasteiger partial charge in [-0.05, 0) is 73.4 Å². The molecule has 3 aromatic heterocycles. The Balaban J connectivity index is 1.42. The zero-order valence-electron chi connectivity index (χ0n) is 24.1. The third-order valence-corrected chi connectivity index (χ3v) is 7.45. The van der Waals surface area contributed by atoms with Crippen LogP contribution in [-0.2, 0) is 18.3 Å². The summed E-state index contributed by atoms with van der Waals surface area (Å²) in [7, 11) is 1.88. The van der Waals surface area contributed by atoms with Gasteiger partial charge < -0.3 is 15.2 Å². The number of aryl methyl sites for hydroxylation is 2. The highest BCUT2D eigenvalue weighted by molar-refractivity contribution is 6.31. The van der Waals surface area contributed by atoms with Crippen molar-refractivity contribution in [2.24, 2.45) is 7.05 Å². The van der Waals surface area contributed by atoms with Crippen molar-refractivity contribution in [3.63, 3.8) is 0 Å². The van der Waals surface area contributed by atoms with Crippen molar-refractivity contribution in [1.82, 2.24) is 34.8 Å². The number of anilines is 1. The van der Waals surface area contributed by atoms with Gasteiger partial charge in [0, 0.05) is 48.0 Å². The maximum atomic E-state index is 13.6. The van der Waals surface area contributed by atoms with Crippen LogP contribution < -0.4 is 16.2 Å². The molecule has 12 heteroatoms. The Morgan fingerprint density at radius 3 is 2.40 bits per heavy atom. The van der Waals surface area contributed by atoms with E-state index in [1.807, 2.05) is 52.1 Å². The van der Waals surface area contributed by atoms with Gasteiger partial charge in [-0.2, -0.15) is 5.10 Å². The molecule has 0 spiro atoms. The Labute approximate surface area is 252 Å². The molecule has 0 aliphatic carbocycles. The van der Waals surface area contributed by atoms with Crippen LogP contribution in [0.5, 0.6) is 0 Å². The first-order valence-electron chi connectivity index (χ1n) is 13.7. The second kappa shape index (κ2) is 12.5. The topological polar surface area (TPSA) is 140 Å². The second-order valence-electron chi connectivity index (χ2n) is 10.5. The van der Waals surface area contributed by atoms with Crippen LogP contribution >= 0.6 is 11.6 Å². The van der Waals surface area contributed by atoms with E-state index in [0.717, 1.165) is 27.9 Å². The predicted octanol–water partition coefficient (Wildman–Crippen LogP) is 4.56. The van der Waals surface area contributed by atoms with Gasteiger partial charge in [0.1, 0.15) is 12.4 Å². The second-order valence-corrected chi connectivity index (χ2v) is 10.9. The lowest BCUT2D eigenvalue weighted by molar-refractivity contribution is -0.118. The molecule has 0 saturated heterocycles. The van der Waals surface area contributed by atoms with Crippen molar-refractivity contribution < 1.29 is 9.59 Å². The van der Waals surface area contributed by atoms with E-state index in [0.29, 0.717) is 16.3 Å². The molecule has 3 N–H and O–H groups in total. The zero-order chi connectivity index (χ0) is 30.7. The SMILES string of the molecule is Cc1cnn(C)c1-c1ccc(NC(=O)[C@H](Cc2cc(-c3ccc(=O)n(C(C)C)c3)ccc2Cl)NC(=O)c2nc[nH]n2)cc1. The average molecular weight is 599 g/mol. The van der Waals surface area contributed by atoms with Crippen molar-refractivity contribution in [3.05, 3.63) is 106 Å². The average Bonchev–Trinajstić information content (AvgIpc) is 3.64. The van der Waals surface area contributed by atoms with Crippen molar-refractivity contribution in [2.75, 3.05) is 5.32 Å². The molecule has 0 aliphatic rings. The number of nitrogens with one attached hydrogen (secondary N) is 3. The molecule has 0 unspecified atom stereocenters. The van der Waals surface area contributed by atoms with E-state index in [1.165, 1.54) is 12.4 Å². The monoisotopic (exact) mass is 598 g/mol. The van der Waals surface area contributed by atoms with Gasteiger partial charge in [-0.25, -0.2) is 4.98 Å². The van der Waals surface area contributed by atoms with Crippen molar-refractivity contribution in [1.29, 1.82) is 0 Å². The lowest BCUT2D eigenvalue weighted by Crippen LogP contribution is -2.45. The Morgan fingerprint density at radius 1 is 1.02 bits per heavy atom. The molecule has 0 bridgehead atoms. The minimum Gasteiger partial charge on any atom is -0.337 e. The summed E-state index contributed by atoms with van der Waals surface area (Å²) < 4.78 is 3.45. The third-order valence-electron chi connectivity index (χ3n) is 7.09. The van der Waals surface area contributed by atoms with Crippen LogP contribution in [0.4, 0.5) is 5.69 Å². The van der Waals surface area contributed by atoms with Crippen LogP contribution in [0.2, 0.25) is 5.02 Å². The molecule has 2 amide bonds. The number of H-pyrrole nitrogens is 1. The van der Waals surface area contributed by atoms with E-state index in [9.17, 15) is 14.4 Å². The molecule has 5 aromatic rings. The summed E-state index contributed by atoms with van der Waals surface area (Å²) in [6.45, 7) is 5.86. The van der Waals surface area contributed by atoms with Gasteiger partial charge in [0.2, 0.25) is 11.7 Å². The van der Waals surface area contributed by atoms with Crippen molar-refractivity contribution in [2.45, 2.75) is 39.3 Å². The molecule has 220 valence electrons. The van der Waals surface area contributed by atoms with E-state index in [2.05, 4.69) is 30.9 Å². The number of halogens is 1. The third kappa shape index (κ3) is 6.57. The van der Waals surface area contributed by atoms with Crippen LogP contribution in [0.15, 0.2) is 78.1 Å². The minimum absolute atomic E-state index is 0.0135. The Kier molecular flexibility index (Phi) is 8.53. The lowest BCUT2D eigenvalue weighted by atomic mass is 9.99. The zero-order valence-corrected chi connectivity index (χ0v) is 24.9. The molecule has 3 heterocycles. The number of rotatable bonds is 9. The Morgan fingerprint density at radius 2 is 1.74 bits per heavy atom. The van der Waals surface area contributed by atoms with Gasteiger partial charge in [0.25, 0.3) is 11.5 Å². The smallest absolute Gasteiger partial charge is 0.291 e. The van der Waals surface area contributed by atoms with Gasteiger partial charge in [0.15, 0.2) is 0 Å². The van der Waals surface area contributed by atoms with E-state index < -0.39 is 17.9 Å². The molecule has 0 aliphatic heterocycles. The summed E-state index contributed by atoms with van der Waals surface area (Å²) in [5.74, 6) is -1.15. The van der Waals surface area contributed by atoms with Gasteiger partial charge in [-0.3, -0.25) is 24.2 Å². The maximum Gasteiger partial charge on any atom is 0.291 e. The number of nitrogens with zero attached hydrogens (tertiary/aromatic N) is 5. The molecule has 0 radical (unpaired) electrons. The highest BCUT2D eigenvalue weighted by Gasteiger charge is 2.25. The number of pyridine rings is 1. The first-order valence-corrected chi connectivity index (χ1v) is 14.1.